The van der Waals surface area contributed by atoms with E-state index in [1.54, 1.807) is 11.4 Å². The van der Waals surface area contributed by atoms with Crippen LogP contribution in [-0.2, 0) is 17.3 Å². The minimum absolute atomic E-state index is 0.379. The maximum absolute atomic E-state index is 11.1. The molecule has 0 aliphatic rings. The van der Waals surface area contributed by atoms with Crippen LogP contribution in [0.5, 0.6) is 0 Å². The first-order valence-corrected chi connectivity index (χ1v) is 7.37. The maximum Gasteiger partial charge on any atom is 0.346 e. The van der Waals surface area contributed by atoms with Crippen molar-refractivity contribution in [1.82, 2.24) is 5.32 Å². The van der Waals surface area contributed by atoms with Crippen LogP contribution in [0.4, 0.5) is 0 Å². The van der Waals surface area contributed by atoms with Gasteiger partial charge in [-0.15, -0.1) is 11.3 Å². The van der Waals surface area contributed by atoms with Crippen molar-refractivity contribution in [1.29, 1.82) is 0 Å². The lowest BCUT2D eigenvalue weighted by molar-refractivity contribution is 0.0701. The second kappa shape index (κ2) is 6.78. The van der Waals surface area contributed by atoms with E-state index in [2.05, 4.69) is 5.32 Å². The van der Waals surface area contributed by atoms with E-state index in [1.807, 2.05) is 6.92 Å². The lowest BCUT2D eigenvalue weighted by atomic mass is 10.2. The molecule has 0 aromatic carbocycles. The van der Waals surface area contributed by atoms with Gasteiger partial charge in [-0.25, -0.2) is 4.79 Å². The van der Waals surface area contributed by atoms with Gasteiger partial charge in [-0.2, -0.15) is 0 Å². The zero-order valence-electron chi connectivity index (χ0n) is 9.06. The Morgan fingerprint density at radius 2 is 2.38 bits per heavy atom. The number of nitrogens with one attached hydrogen (secondary N) is 1. The fourth-order valence-electron chi connectivity index (χ4n) is 1.22. The van der Waals surface area contributed by atoms with Crippen LogP contribution in [0.3, 0.4) is 0 Å². The Labute approximate surface area is 101 Å². The summed E-state index contributed by atoms with van der Waals surface area (Å²) in [4.78, 5) is 11.2. The number of carboxylic acid groups (broad SMARTS) is 1. The first-order valence-electron chi connectivity index (χ1n) is 5.00. The zero-order chi connectivity index (χ0) is 12.0. The minimum Gasteiger partial charge on any atom is -0.477 e. The fourth-order valence-corrected chi connectivity index (χ4v) is 2.64. The Bertz CT molecular complexity index is 376. The second-order valence-corrected chi connectivity index (χ2v) is 5.97. The van der Waals surface area contributed by atoms with Gasteiger partial charge in [0.25, 0.3) is 0 Å². The number of aromatic carboxylic acids is 1. The zero-order valence-corrected chi connectivity index (χ0v) is 10.7. The van der Waals surface area contributed by atoms with Gasteiger partial charge in [0, 0.05) is 35.4 Å². The summed E-state index contributed by atoms with van der Waals surface area (Å²) in [6, 6.07) is 1.80. The van der Waals surface area contributed by atoms with E-state index in [0.29, 0.717) is 29.5 Å². The maximum atomic E-state index is 11.1. The molecule has 0 saturated carbocycles. The van der Waals surface area contributed by atoms with E-state index >= 15 is 0 Å². The number of hydrogen-bond acceptors (Lipinski definition) is 4. The monoisotopic (exact) mass is 261 g/mol. The minimum atomic E-state index is -0.885. The van der Waals surface area contributed by atoms with Crippen LogP contribution in [-0.4, -0.2) is 33.3 Å². The highest BCUT2D eigenvalue weighted by Gasteiger charge is 2.10. The van der Waals surface area contributed by atoms with Crippen molar-refractivity contribution in [3.8, 4) is 0 Å². The van der Waals surface area contributed by atoms with Crippen molar-refractivity contribution in [2.75, 3.05) is 18.1 Å². The van der Waals surface area contributed by atoms with Crippen molar-refractivity contribution in [3.63, 3.8) is 0 Å². The van der Waals surface area contributed by atoms with Gasteiger partial charge in [0.15, 0.2) is 0 Å². The van der Waals surface area contributed by atoms with Gasteiger partial charge in [-0.05, 0) is 17.0 Å². The van der Waals surface area contributed by atoms with Crippen molar-refractivity contribution in [2.45, 2.75) is 13.5 Å². The highest BCUT2D eigenvalue weighted by atomic mass is 32.2. The van der Waals surface area contributed by atoms with Crippen molar-refractivity contribution >= 4 is 28.1 Å². The lowest BCUT2D eigenvalue weighted by Crippen LogP contribution is -2.21. The summed E-state index contributed by atoms with van der Waals surface area (Å²) in [6.07, 6.45) is 0. The number of rotatable bonds is 7. The molecule has 0 spiro atoms. The average molecular weight is 261 g/mol. The van der Waals surface area contributed by atoms with Crippen LogP contribution in [0, 0.1) is 0 Å². The third-order valence-corrected chi connectivity index (χ3v) is 4.33. The van der Waals surface area contributed by atoms with Crippen LogP contribution in [0.2, 0.25) is 0 Å². The van der Waals surface area contributed by atoms with E-state index in [0.717, 1.165) is 5.56 Å². The Morgan fingerprint density at radius 3 is 3.00 bits per heavy atom. The third-order valence-electron chi connectivity index (χ3n) is 2.08. The van der Waals surface area contributed by atoms with Crippen LogP contribution in [0.1, 0.15) is 22.2 Å². The molecule has 0 saturated heterocycles. The largest absolute Gasteiger partial charge is 0.477 e. The van der Waals surface area contributed by atoms with Crippen molar-refractivity contribution < 1.29 is 14.1 Å². The van der Waals surface area contributed by atoms with Gasteiger partial charge in [-0.1, -0.05) is 6.92 Å². The molecule has 0 aliphatic heterocycles. The second-order valence-electron chi connectivity index (χ2n) is 3.19. The standard InChI is InChI=1S/C10H15NO3S2/c1-2-16(14)6-4-11-7-8-3-5-15-9(8)10(12)13/h3,5,11H,2,4,6-7H2,1H3,(H,12,13). The highest BCUT2D eigenvalue weighted by molar-refractivity contribution is 7.84. The molecule has 0 radical (unpaired) electrons. The van der Waals surface area contributed by atoms with Gasteiger partial charge < -0.3 is 10.4 Å². The molecule has 1 heterocycles. The highest BCUT2D eigenvalue weighted by Crippen LogP contribution is 2.16. The van der Waals surface area contributed by atoms with Crippen LogP contribution < -0.4 is 5.32 Å². The summed E-state index contributed by atoms with van der Waals surface area (Å²) in [6.45, 7) is 3.05. The molecule has 2 N–H and O–H groups in total. The number of thiophene rings is 1. The smallest absolute Gasteiger partial charge is 0.346 e. The molecule has 1 aromatic rings. The number of hydrogen-bond donors (Lipinski definition) is 2. The van der Waals surface area contributed by atoms with E-state index in [4.69, 9.17) is 5.11 Å². The van der Waals surface area contributed by atoms with Gasteiger partial charge in [0.05, 0.1) is 0 Å². The van der Waals surface area contributed by atoms with Crippen LogP contribution in [0.25, 0.3) is 0 Å². The molecule has 1 aromatic heterocycles. The van der Waals surface area contributed by atoms with Gasteiger partial charge in [0.1, 0.15) is 4.88 Å². The summed E-state index contributed by atoms with van der Waals surface area (Å²) in [5.41, 5.74) is 0.791. The van der Waals surface area contributed by atoms with Crippen LogP contribution in [0.15, 0.2) is 11.4 Å². The number of carbonyl (C=O) groups is 1. The Morgan fingerprint density at radius 1 is 1.62 bits per heavy atom. The Balaban J connectivity index is 2.34. The molecule has 16 heavy (non-hydrogen) atoms. The first-order chi connectivity index (χ1) is 7.65. The molecule has 1 unspecified atom stereocenters. The van der Waals surface area contributed by atoms with Crippen molar-refractivity contribution in [2.24, 2.45) is 0 Å². The summed E-state index contributed by atoms with van der Waals surface area (Å²) < 4.78 is 11.1. The molecule has 0 amide bonds. The lowest BCUT2D eigenvalue weighted by Gasteiger charge is -2.03. The quantitative estimate of drug-likeness (QED) is 0.726. The predicted octanol–water partition coefficient (Wildman–Crippen LogP) is 1.30. The van der Waals surface area contributed by atoms with Crippen LogP contribution >= 0.6 is 11.3 Å². The SMILES string of the molecule is CCS(=O)CCNCc1ccsc1C(=O)O. The van der Waals surface area contributed by atoms with E-state index in [9.17, 15) is 9.00 Å². The topological polar surface area (TPSA) is 66.4 Å². The van der Waals surface area contributed by atoms with E-state index in [1.165, 1.54) is 11.3 Å². The van der Waals surface area contributed by atoms with Crippen molar-refractivity contribution in [3.05, 3.63) is 21.9 Å². The Kier molecular flexibility index (Phi) is 5.65. The molecule has 0 aliphatic carbocycles. The molecule has 4 nitrogen and oxygen atoms in total. The first kappa shape index (κ1) is 13.3. The fraction of sp³-hybridized carbons (Fsp3) is 0.500. The molecule has 1 rings (SSSR count). The Hall–Kier alpha value is -0.720. The normalized spacial score (nSPS) is 12.6. The molecule has 6 heteroatoms. The summed E-state index contributed by atoms with van der Waals surface area (Å²) in [7, 11) is -0.766. The predicted molar refractivity (Wildman–Crippen MR) is 66.5 cm³/mol. The summed E-state index contributed by atoms with van der Waals surface area (Å²) in [5.74, 6) is 0.396. The average Bonchev–Trinajstić information content (AvgIpc) is 2.72. The van der Waals surface area contributed by atoms with Gasteiger partial charge in [0.2, 0.25) is 0 Å². The van der Waals surface area contributed by atoms with E-state index in [-0.39, 0.29) is 0 Å². The molecular weight excluding hydrogens is 246 g/mol. The van der Waals surface area contributed by atoms with Gasteiger partial charge >= 0.3 is 5.97 Å². The van der Waals surface area contributed by atoms with E-state index < -0.39 is 16.8 Å². The number of carboxylic acids is 1. The summed E-state index contributed by atoms with van der Waals surface area (Å²) >= 11 is 1.23. The van der Waals surface area contributed by atoms with Gasteiger partial charge in [-0.3, -0.25) is 4.21 Å². The molecule has 1 atom stereocenters. The molecular formula is C10H15NO3S2. The third kappa shape index (κ3) is 4.03. The molecule has 0 fully saturated rings. The molecule has 90 valence electrons. The molecule has 0 bridgehead atoms. The summed E-state index contributed by atoms with van der Waals surface area (Å²) in [5, 5.41) is 13.7.